The van der Waals surface area contributed by atoms with Crippen LogP contribution in [0.1, 0.15) is 12.0 Å². The third kappa shape index (κ3) is 1.44. The fraction of sp³-hybridized carbons (Fsp3) is 0.182. The van der Waals surface area contributed by atoms with E-state index in [-0.39, 0.29) is 0 Å². The van der Waals surface area contributed by atoms with Crippen molar-refractivity contribution in [1.29, 1.82) is 0 Å². The van der Waals surface area contributed by atoms with Gasteiger partial charge < -0.3 is 4.57 Å². The number of rotatable bonds is 1. The highest BCUT2D eigenvalue weighted by Gasteiger charge is 2.08. The monoisotopic (exact) mass is 198 g/mol. The average molecular weight is 198 g/mol. The van der Waals surface area contributed by atoms with Crippen molar-refractivity contribution >= 4 is 12.0 Å². The number of pyridine rings is 1. The highest BCUT2D eigenvalue weighted by Crippen LogP contribution is 2.23. The molecule has 15 heavy (non-hydrogen) atoms. The first-order valence-corrected chi connectivity index (χ1v) is 4.93. The Balaban J connectivity index is 2.09. The molecule has 0 unspecified atom stereocenters. The van der Waals surface area contributed by atoms with Crippen LogP contribution in [-0.2, 0) is 6.42 Å². The summed E-state index contributed by atoms with van der Waals surface area (Å²) in [7, 11) is 0. The summed E-state index contributed by atoms with van der Waals surface area (Å²) >= 11 is 0. The van der Waals surface area contributed by atoms with Crippen molar-refractivity contribution in [2.24, 2.45) is 4.99 Å². The molecule has 2 aromatic heterocycles. The lowest BCUT2D eigenvalue weighted by Gasteiger charge is -2.10. The maximum atomic E-state index is 4.33. The summed E-state index contributed by atoms with van der Waals surface area (Å²) in [6.45, 7) is 0. The molecule has 0 atom stereocenters. The second-order valence-electron chi connectivity index (χ2n) is 3.50. The van der Waals surface area contributed by atoms with E-state index in [1.165, 1.54) is 5.56 Å². The standard InChI is InChI=1S/C11H10N4/c1-2-9-6-10(15-5-4-12-8-15)7-14-11(9)13-3-1/h3-8H,1-2H2. The fourth-order valence-corrected chi connectivity index (χ4v) is 1.71. The van der Waals surface area contributed by atoms with Crippen LogP contribution >= 0.6 is 0 Å². The molecular weight excluding hydrogens is 188 g/mol. The molecule has 3 rings (SSSR count). The summed E-state index contributed by atoms with van der Waals surface area (Å²) < 4.78 is 1.95. The van der Waals surface area contributed by atoms with E-state index in [1.807, 2.05) is 23.2 Å². The Morgan fingerprint density at radius 1 is 1.33 bits per heavy atom. The topological polar surface area (TPSA) is 43.1 Å². The van der Waals surface area contributed by atoms with Crippen LogP contribution in [-0.4, -0.2) is 20.7 Å². The van der Waals surface area contributed by atoms with Crippen molar-refractivity contribution in [1.82, 2.24) is 14.5 Å². The zero-order valence-electron chi connectivity index (χ0n) is 8.17. The Bertz CT molecular complexity index is 499. The van der Waals surface area contributed by atoms with Crippen molar-refractivity contribution < 1.29 is 0 Å². The second-order valence-corrected chi connectivity index (χ2v) is 3.50. The lowest BCUT2D eigenvalue weighted by molar-refractivity contribution is 0.970. The number of hydrogen-bond acceptors (Lipinski definition) is 3. The van der Waals surface area contributed by atoms with Crippen molar-refractivity contribution in [2.45, 2.75) is 12.8 Å². The molecule has 0 aromatic carbocycles. The van der Waals surface area contributed by atoms with Crippen LogP contribution in [0.5, 0.6) is 0 Å². The highest BCUT2D eigenvalue weighted by molar-refractivity contribution is 5.67. The van der Waals surface area contributed by atoms with Gasteiger partial charge in [-0.15, -0.1) is 0 Å². The van der Waals surface area contributed by atoms with Crippen LogP contribution in [0.2, 0.25) is 0 Å². The fourth-order valence-electron chi connectivity index (χ4n) is 1.71. The zero-order chi connectivity index (χ0) is 10.1. The van der Waals surface area contributed by atoms with Gasteiger partial charge in [-0.1, -0.05) is 0 Å². The van der Waals surface area contributed by atoms with Gasteiger partial charge in [0.25, 0.3) is 0 Å². The highest BCUT2D eigenvalue weighted by atomic mass is 15.0. The predicted molar refractivity (Wildman–Crippen MR) is 57.8 cm³/mol. The Morgan fingerprint density at radius 2 is 2.33 bits per heavy atom. The van der Waals surface area contributed by atoms with Gasteiger partial charge in [0.2, 0.25) is 0 Å². The summed E-state index contributed by atoms with van der Waals surface area (Å²) in [4.78, 5) is 12.6. The molecule has 0 spiro atoms. The number of imidazole rings is 1. The molecule has 0 aliphatic carbocycles. The largest absolute Gasteiger partial charge is 0.305 e. The summed E-state index contributed by atoms with van der Waals surface area (Å²) in [6.07, 6.45) is 11.2. The molecule has 0 N–H and O–H groups in total. The normalized spacial score (nSPS) is 13.9. The molecule has 0 fully saturated rings. The van der Waals surface area contributed by atoms with Gasteiger partial charge in [0.1, 0.15) is 0 Å². The number of hydrogen-bond donors (Lipinski definition) is 0. The molecule has 1 aliphatic heterocycles. The van der Waals surface area contributed by atoms with Crippen molar-refractivity contribution in [2.75, 3.05) is 0 Å². The molecule has 0 amide bonds. The van der Waals surface area contributed by atoms with Crippen LogP contribution in [0.4, 0.5) is 5.82 Å². The predicted octanol–water partition coefficient (Wildman–Crippen LogP) is 1.92. The molecule has 0 bridgehead atoms. The second kappa shape index (κ2) is 3.31. The third-order valence-corrected chi connectivity index (χ3v) is 2.49. The van der Waals surface area contributed by atoms with E-state index in [9.17, 15) is 0 Å². The van der Waals surface area contributed by atoms with Crippen LogP contribution in [0, 0.1) is 0 Å². The summed E-state index contributed by atoms with van der Waals surface area (Å²) in [5.41, 5.74) is 2.26. The molecule has 4 nitrogen and oxygen atoms in total. The smallest absolute Gasteiger partial charge is 0.154 e. The Labute approximate surface area is 87.3 Å². The molecule has 74 valence electrons. The maximum absolute atomic E-state index is 4.33. The first kappa shape index (κ1) is 8.35. The first-order chi connectivity index (χ1) is 7.43. The molecule has 0 radical (unpaired) electrons. The zero-order valence-corrected chi connectivity index (χ0v) is 8.17. The van der Waals surface area contributed by atoms with E-state index in [2.05, 4.69) is 21.0 Å². The van der Waals surface area contributed by atoms with Gasteiger partial charge in [0.05, 0.1) is 18.2 Å². The van der Waals surface area contributed by atoms with Gasteiger partial charge in [0.15, 0.2) is 5.82 Å². The van der Waals surface area contributed by atoms with Crippen molar-refractivity contribution in [3.63, 3.8) is 0 Å². The van der Waals surface area contributed by atoms with Crippen molar-refractivity contribution in [3.8, 4) is 5.69 Å². The van der Waals surface area contributed by atoms with Gasteiger partial charge in [-0.2, -0.15) is 0 Å². The minimum atomic E-state index is 0.852. The third-order valence-electron chi connectivity index (χ3n) is 2.49. The van der Waals surface area contributed by atoms with E-state index in [1.54, 1.807) is 12.5 Å². The van der Waals surface area contributed by atoms with Crippen LogP contribution < -0.4 is 0 Å². The summed E-state index contributed by atoms with van der Waals surface area (Å²) in [5, 5.41) is 0. The van der Waals surface area contributed by atoms with E-state index >= 15 is 0 Å². The lowest BCUT2D eigenvalue weighted by Crippen LogP contribution is -1.99. The molecule has 3 heterocycles. The minimum Gasteiger partial charge on any atom is -0.305 e. The molecule has 4 heteroatoms. The molecule has 0 saturated heterocycles. The number of nitrogens with zero attached hydrogens (tertiary/aromatic N) is 4. The molecule has 1 aliphatic rings. The van der Waals surface area contributed by atoms with Gasteiger partial charge in [-0.25, -0.2) is 15.0 Å². The van der Waals surface area contributed by atoms with Gasteiger partial charge in [0, 0.05) is 18.6 Å². The average Bonchev–Trinajstić information content (AvgIpc) is 2.82. The summed E-state index contributed by atoms with van der Waals surface area (Å²) in [5.74, 6) is 0.852. The minimum absolute atomic E-state index is 0.852. The first-order valence-electron chi connectivity index (χ1n) is 4.93. The SMILES string of the molecule is C1=Nc2ncc(-n3ccnc3)cc2CC1. The van der Waals surface area contributed by atoms with Crippen LogP contribution in [0.25, 0.3) is 5.69 Å². The molecule has 2 aromatic rings. The van der Waals surface area contributed by atoms with E-state index in [0.717, 1.165) is 24.3 Å². The Morgan fingerprint density at radius 3 is 3.20 bits per heavy atom. The van der Waals surface area contributed by atoms with Gasteiger partial charge in [-0.05, 0) is 24.5 Å². The van der Waals surface area contributed by atoms with E-state index < -0.39 is 0 Å². The number of aryl methyl sites for hydroxylation is 1. The van der Waals surface area contributed by atoms with E-state index in [4.69, 9.17) is 0 Å². The lowest BCUT2D eigenvalue weighted by atomic mass is 10.1. The number of aliphatic imine (C=N–C) groups is 1. The van der Waals surface area contributed by atoms with E-state index in [0.29, 0.717) is 0 Å². The molecule has 0 saturated carbocycles. The number of fused-ring (bicyclic) bond motifs is 1. The number of aromatic nitrogens is 3. The van der Waals surface area contributed by atoms with Crippen molar-refractivity contribution in [3.05, 3.63) is 36.5 Å². The molecular formula is C11H10N4. The van der Waals surface area contributed by atoms with Crippen LogP contribution in [0.3, 0.4) is 0 Å². The maximum Gasteiger partial charge on any atom is 0.154 e. The Kier molecular flexibility index (Phi) is 1.84. The summed E-state index contributed by atoms with van der Waals surface area (Å²) in [6, 6.07) is 2.13. The van der Waals surface area contributed by atoms with Gasteiger partial charge in [-0.3, -0.25) is 0 Å². The quantitative estimate of drug-likeness (QED) is 0.702. The van der Waals surface area contributed by atoms with Gasteiger partial charge >= 0.3 is 0 Å². The Hall–Kier alpha value is -1.97. The van der Waals surface area contributed by atoms with Crippen LogP contribution in [0.15, 0.2) is 36.0 Å².